The summed E-state index contributed by atoms with van der Waals surface area (Å²) >= 11 is 5.85. The highest BCUT2D eigenvalue weighted by molar-refractivity contribution is 6.30. The highest BCUT2D eigenvalue weighted by atomic mass is 35.5. The molecule has 0 saturated carbocycles. The Morgan fingerprint density at radius 3 is 2.59 bits per heavy atom. The summed E-state index contributed by atoms with van der Waals surface area (Å²) < 4.78 is 0. The number of benzene rings is 2. The third-order valence-electron chi connectivity index (χ3n) is 2.66. The van der Waals surface area contributed by atoms with Crippen molar-refractivity contribution in [1.82, 2.24) is 10.2 Å². The Morgan fingerprint density at radius 1 is 1.06 bits per heavy atom. The molecule has 4 heteroatoms. The van der Waals surface area contributed by atoms with Gasteiger partial charge >= 0.3 is 0 Å². The van der Waals surface area contributed by atoms with Crippen LogP contribution in [0.25, 0.3) is 22.2 Å². The molecule has 0 fully saturated rings. The predicted molar refractivity (Wildman–Crippen MR) is 68.2 cm³/mol. The molecule has 17 heavy (non-hydrogen) atoms. The van der Waals surface area contributed by atoms with Crippen molar-refractivity contribution in [2.45, 2.75) is 0 Å². The van der Waals surface area contributed by atoms with E-state index in [1.165, 1.54) is 0 Å². The standard InChI is InChI=1S/C13H9ClN2O/c14-9-3-1-8(2-4-9)13-11-7-10(17)5-6-12(11)15-16-13/h1-7,17H,(H,15,16). The van der Waals surface area contributed by atoms with Crippen LogP contribution in [0.1, 0.15) is 0 Å². The molecule has 3 rings (SSSR count). The van der Waals surface area contributed by atoms with Gasteiger partial charge in [-0.25, -0.2) is 0 Å². The number of hydrogen-bond acceptors (Lipinski definition) is 2. The molecular formula is C13H9ClN2O. The lowest BCUT2D eigenvalue weighted by Gasteiger charge is -1.98. The van der Waals surface area contributed by atoms with E-state index in [1.807, 2.05) is 24.3 Å². The van der Waals surface area contributed by atoms with Crippen LogP contribution in [-0.2, 0) is 0 Å². The number of aromatic hydroxyl groups is 1. The summed E-state index contributed by atoms with van der Waals surface area (Å²) in [5.41, 5.74) is 2.67. The van der Waals surface area contributed by atoms with Gasteiger partial charge in [0.15, 0.2) is 0 Å². The fourth-order valence-electron chi connectivity index (χ4n) is 1.83. The van der Waals surface area contributed by atoms with Crippen LogP contribution in [0, 0.1) is 0 Å². The minimum Gasteiger partial charge on any atom is -0.508 e. The normalized spacial score (nSPS) is 10.9. The van der Waals surface area contributed by atoms with Gasteiger partial charge in [-0.15, -0.1) is 0 Å². The average molecular weight is 245 g/mol. The second-order valence-electron chi connectivity index (χ2n) is 3.81. The van der Waals surface area contributed by atoms with Crippen LogP contribution in [0.15, 0.2) is 42.5 Å². The quantitative estimate of drug-likeness (QED) is 0.687. The smallest absolute Gasteiger partial charge is 0.116 e. The highest BCUT2D eigenvalue weighted by Crippen LogP contribution is 2.29. The van der Waals surface area contributed by atoms with Crippen LogP contribution in [0.5, 0.6) is 5.75 Å². The summed E-state index contributed by atoms with van der Waals surface area (Å²) in [6.45, 7) is 0. The van der Waals surface area contributed by atoms with Crippen LogP contribution in [0.3, 0.4) is 0 Å². The van der Waals surface area contributed by atoms with Gasteiger partial charge in [-0.2, -0.15) is 5.10 Å². The number of rotatable bonds is 1. The van der Waals surface area contributed by atoms with E-state index in [0.29, 0.717) is 5.02 Å². The molecular weight excluding hydrogens is 236 g/mol. The van der Waals surface area contributed by atoms with Crippen molar-refractivity contribution in [1.29, 1.82) is 0 Å². The van der Waals surface area contributed by atoms with Crippen LogP contribution >= 0.6 is 11.6 Å². The van der Waals surface area contributed by atoms with Gasteiger partial charge in [0.05, 0.1) is 5.52 Å². The fraction of sp³-hybridized carbons (Fsp3) is 0. The fourth-order valence-corrected chi connectivity index (χ4v) is 1.96. The molecule has 0 aliphatic carbocycles. The maximum atomic E-state index is 9.50. The first kappa shape index (κ1) is 10.2. The molecule has 0 atom stereocenters. The number of hydrogen-bond donors (Lipinski definition) is 2. The lowest BCUT2D eigenvalue weighted by Crippen LogP contribution is -1.78. The van der Waals surface area contributed by atoms with Gasteiger partial charge in [0, 0.05) is 16.0 Å². The zero-order chi connectivity index (χ0) is 11.8. The largest absolute Gasteiger partial charge is 0.508 e. The summed E-state index contributed by atoms with van der Waals surface area (Å²) in [6, 6.07) is 12.6. The lowest BCUT2D eigenvalue weighted by molar-refractivity contribution is 0.476. The van der Waals surface area contributed by atoms with Gasteiger partial charge < -0.3 is 5.11 Å². The van der Waals surface area contributed by atoms with Crippen molar-refractivity contribution >= 4 is 22.5 Å². The summed E-state index contributed by atoms with van der Waals surface area (Å²) in [5, 5.41) is 18.3. The van der Waals surface area contributed by atoms with E-state index in [-0.39, 0.29) is 5.75 Å². The molecule has 0 amide bonds. The summed E-state index contributed by atoms with van der Waals surface area (Å²) in [6.07, 6.45) is 0. The van der Waals surface area contributed by atoms with E-state index < -0.39 is 0 Å². The number of phenols is 1. The van der Waals surface area contributed by atoms with Crippen molar-refractivity contribution in [3.05, 3.63) is 47.5 Å². The Kier molecular flexibility index (Phi) is 2.27. The van der Waals surface area contributed by atoms with Gasteiger partial charge in [-0.05, 0) is 30.3 Å². The number of halogens is 1. The molecule has 84 valence electrons. The molecule has 0 radical (unpaired) electrons. The Hall–Kier alpha value is -2.00. The van der Waals surface area contributed by atoms with Gasteiger partial charge in [0.1, 0.15) is 11.4 Å². The zero-order valence-electron chi connectivity index (χ0n) is 8.81. The first-order chi connectivity index (χ1) is 8.24. The molecule has 2 N–H and O–H groups in total. The van der Waals surface area contributed by atoms with E-state index in [4.69, 9.17) is 11.6 Å². The van der Waals surface area contributed by atoms with Gasteiger partial charge in [0.25, 0.3) is 0 Å². The first-order valence-corrected chi connectivity index (χ1v) is 5.55. The maximum Gasteiger partial charge on any atom is 0.116 e. The van der Waals surface area contributed by atoms with E-state index in [9.17, 15) is 5.11 Å². The van der Waals surface area contributed by atoms with Gasteiger partial charge in [0.2, 0.25) is 0 Å². The number of fused-ring (bicyclic) bond motifs is 1. The summed E-state index contributed by atoms with van der Waals surface area (Å²) in [7, 11) is 0. The van der Waals surface area contributed by atoms with E-state index >= 15 is 0 Å². The van der Waals surface area contributed by atoms with Crippen molar-refractivity contribution in [2.24, 2.45) is 0 Å². The van der Waals surface area contributed by atoms with Crippen molar-refractivity contribution in [3.63, 3.8) is 0 Å². The Bertz CT molecular complexity index is 673. The molecule has 0 spiro atoms. The molecule has 2 aromatic carbocycles. The summed E-state index contributed by atoms with van der Waals surface area (Å²) in [5.74, 6) is 0.231. The Balaban J connectivity index is 2.23. The molecule has 0 saturated heterocycles. The third kappa shape index (κ3) is 1.74. The topological polar surface area (TPSA) is 48.9 Å². The second-order valence-corrected chi connectivity index (χ2v) is 4.25. The van der Waals surface area contributed by atoms with Crippen molar-refractivity contribution in [3.8, 4) is 17.0 Å². The molecule has 0 aliphatic heterocycles. The molecule has 0 aliphatic rings. The number of H-pyrrole nitrogens is 1. The number of nitrogens with zero attached hydrogens (tertiary/aromatic N) is 1. The molecule has 0 unspecified atom stereocenters. The highest BCUT2D eigenvalue weighted by Gasteiger charge is 2.08. The van der Waals surface area contributed by atoms with Gasteiger partial charge in [-0.3, -0.25) is 5.10 Å². The van der Waals surface area contributed by atoms with Crippen LogP contribution in [0.4, 0.5) is 0 Å². The lowest BCUT2D eigenvalue weighted by atomic mass is 10.1. The molecule has 1 aromatic heterocycles. The van der Waals surface area contributed by atoms with E-state index in [0.717, 1.165) is 22.2 Å². The summed E-state index contributed by atoms with van der Waals surface area (Å²) in [4.78, 5) is 0. The SMILES string of the molecule is Oc1ccc2[nH]nc(-c3ccc(Cl)cc3)c2c1. The van der Waals surface area contributed by atoms with Crippen molar-refractivity contribution in [2.75, 3.05) is 0 Å². The predicted octanol–water partition coefficient (Wildman–Crippen LogP) is 3.59. The Labute approximate surface area is 103 Å². The maximum absolute atomic E-state index is 9.50. The number of aromatic nitrogens is 2. The average Bonchev–Trinajstić information content (AvgIpc) is 2.73. The molecule has 1 heterocycles. The minimum atomic E-state index is 0.231. The third-order valence-corrected chi connectivity index (χ3v) is 2.92. The molecule has 3 nitrogen and oxygen atoms in total. The van der Waals surface area contributed by atoms with Crippen LogP contribution in [-0.4, -0.2) is 15.3 Å². The number of nitrogens with one attached hydrogen (secondary N) is 1. The molecule has 3 aromatic rings. The second kappa shape index (κ2) is 3.79. The first-order valence-electron chi connectivity index (χ1n) is 5.17. The van der Waals surface area contributed by atoms with E-state index in [2.05, 4.69) is 10.2 Å². The van der Waals surface area contributed by atoms with E-state index in [1.54, 1.807) is 18.2 Å². The zero-order valence-corrected chi connectivity index (χ0v) is 9.57. The van der Waals surface area contributed by atoms with Crippen LogP contribution < -0.4 is 0 Å². The van der Waals surface area contributed by atoms with Crippen LogP contribution in [0.2, 0.25) is 5.02 Å². The number of phenolic OH excluding ortho intramolecular Hbond substituents is 1. The number of aromatic amines is 1. The molecule has 0 bridgehead atoms. The van der Waals surface area contributed by atoms with Crippen molar-refractivity contribution < 1.29 is 5.11 Å². The Morgan fingerprint density at radius 2 is 1.82 bits per heavy atom. The monoisotopic (exact) mass is 244 g/mol. The minimum absolute atomic E-state index is 0.231. The van der Waals surface area contributed by atoms with Gasteiger partial charge in [-0.1, -0.05) is 23.7 Å².